The van der Waals surface area contributed by atoms with Crippen LogP contribution in [-0.2, 0) is 16.6 Å². The highest BCUT2D eigenvalue weighted by molar-refractivity contribution is 7.89. The molecule has 10 nitrogen and oxygen atoms in total. The predicted octanol–water partition coefficient (Wildman–Crippen LogP) is 2.79. The predicted molar refractivity (Wildman–Crippen MR) is 115 cm³/mol. The Labute approximate surface area is 184 Å². The van der Waals surface area contributed by atoms with E-state index in [1.54, 1.807) is 42.6 Å². The summed E-state index contributed by atoms with van der Waals surface area (Å²) in [5.41, 5.74) is 0.932. The lowest BCUT2D eigenvalue weighted by atomic mass is 10.1. The van der Waals surface area contributed by atoms with Crippen LogP contribution < -0.4 is 18.9 Å². The Bertz CT molecular complexity index is 1340. The molecule has 0 saturated carbocycles. The number of aromatic nitrogens is 3. The van der Waals surface area contributed by atoms with Crippen LogP contribution in [0.4, 0.5) is 0 Å². The summed E-state index contributed by atoms with van der Waals surface area (Å²) in [6.07, 6.45) is 1.54. The van der Waals surface area contributed by atoms with Gasteiger partial charge in [0.2, 0.25) is 27.5 Å². The zero-order chi connectivity index (χ0) is 22.7. The van der Waals surface area contributed by atoms with Gasteiger partial charge in [-0.05, 0) is 24.3 Å². The zero-order valence-corrected chi connectivity index (χ0v) is 18.3. The monoisotopic (exact) mass is 456 g/mol. The number of fused-ring (bicyclic) bond motifs is 1. The van der Waals surface area contributed by atoms with Crippen molar-refractivity contribution in [2.24, 2.45) is 0 Å². The molecule has 4 rings (SSSR count). The minimum Gasteiger partial charge on any atom is -0.493 e. The van der Waals surface area contributed by atoms with Gasteiger partial charge in [-0.2, -0.15) is 4.98 Å². The number of para-hydroxylation sites is 1. The Balaban J connectivity index is 1.58. The van der Waals surface area contributed by atoms with Gasteiger partial charge >= 0.3 is 0 Å². The number of pyridine rings is 1. The van der Waals surface area contributed by atoms with E-state index in [1.165, 1.54) is 27.4 Å². The first-order valence-corrected chi connectivity index (χ1v) is 10.9. The number of benzene rings is 2. The van der Waals surface area contributed by atoms with Gasteiger partial charge in [-0.3, -0.25) is 4.98 Å². The molecule has 32 heavy (non-hydrogen) atoms. The Morgan fingerprint density at radius 3 is 2.41 bits per heavy atom. The minimum atomic E-state index is -3.87. The first-order valence-electron chi connectivity index (χ1n) is 9.43. The van der Waals surface area contributed by atoms with Crippen LogP contribution in [-0.4, -0.2) is 44.9 Å². The number of hydrogen-bond acceptors (Lipinski definition) is 9. The van der Waals surface area contributed by atoms with Crippen LogP contribution in [0, 0.1) is 0 Å². The van der Waals surface area contributed by atoms with Gasteiger partial charge in [0.05, 0.1) is 33.4 Å². The molecule has 2 heterocycles. The summed E-state index contributed by atoms with van der Waals surface area (Å²) in [7, 11) is 0.636. The van der Waals surface area contributed by atoms with E-state index in [0.717, 1.165) is 5.39 Å². The first kappa shape index (κ1) is 21.5. The largest absolute Gasteiger partial charge is 0.493 e. The maximum atomic E-state index is 12.8. The van der Waals surface area contributed by atoms with Gasteiger partial charge in [-0.15, -0.1) is 0 Å². The molecule has 0 aliphatic heterocycles. The van der Waals surface area contributed by atoms with Crippen LogP contribution in [0.15, 0.2) is 58.1 Å². The average molecular weight is 456 g/mol. The molecule has 0 fully saturated rings. The molecule has 0 spiro atoms. The van der Waals surface area contributed by atoms with Gasteiger partial charge < -0.3 is 18.7 Å². The van der Waals surface area contributed by atoms with E-state index in [4.69, 9.17) is 18.7 Å². The van der Waals surface area contributed by atoms with Crippen molar-refractivity contribution >= 4 is 20.9 Å². The second-order valence-electron chi connectivity index (χ2n) is 6.58. The Kier molecular flexibility index (Phi) is 5.93. The van der Waals surface area contributed by atoms with Crippen LogP contribution in [0.5, 0.6) is 17.2 Å². The fourth-order valence-corrected chi connectivity index (χ4v) is 4.33. The smallest absolute Gasteiger partial charge is 0.243 e. The molecule has 0 radical (unpaired) electrons. The highest BCUT2D eigenvalue weighted by atomic mass is 32.2. The molecule has 2 aromatic heterocycles. The minimum absolute atomic E-state index is 0.0694. The molecule has 11 heteroatoms. The van der Waals surface area contributed by atoms with Crippen molar-refractivity contribution in [3.05, 3.63) is 54.6 Å². The van der Waals surface area contributed by atoms with E-state index < -0.39 is 10.0 Å². The molecule has 0 bridgehead atoms. The second-order valence-corrected chi connectivity index (χ2v) is 8.32. The molecular formula is C21H20N4O6S. The van der Waals surface area contributed by atoms with E-state index in [0.29, 0.717) is 28.3 Å². The summed E-state index contributed by atoms with van der Waals surface area (Å²) in [6.45, 7) is -0.191. The van der Waals surface area contributed by atoms with Crippen molar-refractivity contribution in [1.82, 2.24) is 19.8 Å². The van der Waals surface area contributed by atoms with E-state index in [1.807, 2.05) is 0 Å². The van der Waals surface area contributed by atoms with Gasteiger partial charge in [0, 0.05) is 17.1 Å². The summed E-state index contributed by atoms with van der Waals surface area (Å²) in [4.78, 5) is 8.53. The molecule has 166 valence electrons. The van der Waals surface area contributed by atoms with Gasteiger partial charge in [0.1, 0.15) is 4.90 Å². The van der Waals surface area contributed by atoms with Crippen LogP contribution >= 0.6 is 0 Å². The molecule has 0 unspecified atom stereocenters. The van der Waals surface area contributed by atoms with Crippen LogP contribution in [0.3, 0.4) is 0 Å². The average Bonchev–Trinajstić information content (AvgIpc) is 3.30. The maximum absolute atomic E-state index is 12.8. The molecule has 4 aromatic rings. The number of ether oxygens (including phenoxy) is 3. The number of hydrogen-bond donors (Lipinski definition) is 1. The summed E-state index contributed by atoms with van der Waals surface area (Å²) >= 11 is 0. The first-order chi connectivity index (χ1) is 15.5. The summed E-state index contributed by atoms with van der Waals surface area (Å²) < 4.78 is 49.4. The molecule has 0 amide bonds. The number of nitrogens with zero attached hydrogens (tertiary/aromatic N) is 3. The molecule has 0 aliphatic rings. The lowest BCUT2D eigenvalue weighted by Gasteiger charge is -2.12. The van der Waals surface area contributed by atoms with Gasteiger partial charge in [-0.1, -0.05) is 23.4 Å². The van der Waals surface area contributed by atoms with Gasteiger partial charge in [0.15, 0.2) is 11.5 Å². The standard InChI is InChI=1S/C21H20N4O6S/c1-28-15-10-14(11-16(29-2)20(15)30-3)21-24-18(31-25-21)12-23-32(26,27)17-8-4-6-13-7-5-9-22-19(13)17/h4-11,23H,12H2,1-3H3. The molecular weight excluding hydrogens is 436 g/mol. The third-order valence-electron chi connectivity index (χ3n) is 4.69. The van der Waals surface area contributed by atoms with E-state index in [2.05, 4.69) is 19.8 Å². The number of methoxy groups -OCH3 is 3. The summed E-state index contributed by atoms with van der Waals surface area (Å²) in [5.74, 6) is 1.62. The molecule has 2 aromatic carbocycles. The second kappa shape index (κ2) is 8.81. The van der Waals surface area contributed by atoms with E-state index in [-0.39, 0.29) is 23.2 Å². The Hall–Kier alpha value is -3.70. The third kappa shape index (κ3) is 4.07. The lowest BCUT2D eigenvalue weighted by molar-refractivity contribution is 0.324. The van der Waals surface area contributed by atoms with Crippen molar-refractivity contribution in [1.29, 1.82) is 0 Å². The number of sulfonamides is 1. The molecule has 0 atom stereocenters. The van der Waals surface area contributed by atoms with Crippen molar-refractivity contribution in [3.8, 4) is 28.6 Å². The molecule has 0 saturated heterocycles. The molecule has 0 aliphatic carbocycles. The quantitative estimate of drug-likeness (QED) is 0.426. The van der Waals surface area contributed by atoms with Crippen LogP contribution in [0.25, 0.3) is 22.3 Å². The highest BCUT2D eigenvalue weighted by Crippen LogP contribution is 2.40. The highest BCUT2D eigenvalue weighted by Gasteiger charge is 2.21. The summed E-state index contributed by atoms with van der Waals surface area (Å²) in [5, 5.41) is 4.65. The lowest BCUT2D eigenvalue weighted by Crippen LogP contribution is -2.23. The molecule has 1 N–H and O–H groups in total. The number of nitrogens with one attached hydrogen (secondary N) is 1. The summed E-state index contributed by atoms with van der Waals surface area (Å²) in [6, 6.07) is 11.8. The van der Waals surface area contributed by atoms with Crippen molar-refractivity contribution in [3.63, 3.8) is 0 Å². The van der Waals surface area contributed by atoms with E-state index >= 15 is 0 Å². The van der Waals surface area contributed by atoms with Crippen molar-refractivity contribution in [2.75, 3.05) is 21.3 Å². The zero-order valence-electron chi connectivity index (χ0n) is 17.5. The Morgan fingerprint density at radius 1 is 1.00 bits per heavy atom. The maximum Gasteiger partial charge on any atom is 0.243 e. The van der Waals surface area contributed by atoms with Crippen molar-refractivity contribution in [2.45, 2.75) is 11.4 Å². The fraction of sp³-hybridized carbons (Fsp3) is 0.190. The Morgan fingerprint density at radius 2 is 1.72 bits per heavy atom. The fourth-order valence-electron chi connectivity index (χ4n) is 3.18. The van der Waals surface area contributed by atoms with Crippen LogP contribution in [0.2, 0.25) is 0 Å². The van der Waals surface area contributed by atoms with Gasteiger partial charge in [-0.25, -0.2) is 13.1 Å². The van der Waals surface area contributed by atoms with Gasteiger partial charge in [0.25, 0.3) is 0 Å². The SMILES string of the molecule is COc1cc(-c2noc(CNS(=O)(=O)c3cccc4cccnc34)n2)cc(OC)c1OC. The number of rotatable bonds is 8. The normalized spacial score (nSPS) is 11.5. The third-order valence-corrected chi connectivity index (χ3v) is 6.12. The topological polar surface area (TPSA) is 126 Å². The van der Waals surface area contributed by atoms with E-state index in [9.17, 15) is 8.42 Å². The van der Waals surface area contributed by atoms with Crippen LogP contribution in [0.1, 0.15) is 5.89 Å². The van der Waals surface area contributed by atoms with Crippen molar-refractivity contribution < 1.29 is 27.2 Å².